The fraction of sp³-hybridized carbons (Fsp3) is 1.00. The highest BCUT2D eigenvalue weighted by Crippen LogP contribution is 2.39. The Morgan fingerprint density at radius 2 is 1.33 bits per heavy atom. The van der Waals surface area contributed by atoms with Gasteiger partial charge < -0.3 is 15.3 Å². The zero-order valence-corrected chi connectivity index (χ0v) is 8.94. The molecule has 0 amide bonds. The van der Waals surface area contributed by atoms with E-state index in [4.69, 9.17) is 15.3 Å². The number of halogens is 3. The van der Waals surface area contributed by atoms with Crippen LogP contribution in [0.3, 0.4) is 0 Å². The van der Waals surface area contributed by atoms with Crippen molar-refractivity contribution in [3.05, 3.63) is 0 Å². The monoisotopic (exact) mass is 326 g/mol. The maximum absolute atomic E-state index is 8.37. The van der Waals surface area contributed by atoms with Crippen LogP contribution >= 0.6 is 47.8 Å². The van der Waals surface area contributed by atoms with Crippen molar-refractivity contribution in [2.24, 2.45) is 0 Å². The van der Waals surface area contributed by atoms with Crippen molar-refractivity contribution in [1.82, 2.24) is 0 Å². The number of aliphatic hydroxyl groups is 3. The minimum Gasteiger partial charge on any atom is -0.344 e. The first kappa shape index (κ1) is 10.3. The van der Waals surface area contributed by atoms with Gasteiger partial charge in [0.05, 0.1) is 6.42 Å². The second-order valence-electron chi connectivity index (χ2n) is 1.57. The predicted molar refractivity (Wildman–Crippen MR) is 43.5 cm³/mol. The van der Waals surface area contributed by atoms with Crippen molar-refractivity contribution in [3.8, 4) is 0 Å². The van der Waals surface area contributed by atoms with E-state index in [-0.39, 0.29) is 6.42 Å². The first-order valence-electron chi connectivity index (χ1n) is 1.94. The van der Waals surface area contributed by atoms with Gasteiger partial charge in [0.1, 0.15) is 2.14 Å². The molecule has 0 heterocycles. The van der Waals surface area contributed by atoms with E-state index in [1.165, 1.54) is 0 Å². The Labute approximate surface area is 77.5 Å². The number of hydrogen-bond acceptors (Lipinski definition) is 3. The highest BCUT2D eigenvalue weighted by Gasteiger charge is 2.31. The SMILES string of the molecule is OC(O)(O)CC(Br)(Br)Br. The summed E-state index contributed by atoms with van der Waals surface area (Å²) in [6.07, 6.45) is -0.292. The summed E-state index contributed by atoms with van der Waals surface area (Å²) in [4.78, 5) is 0. The normalized spacial score (nSPS) is 14.0. The molecule has 0 saturated carbocycles. The highest BCUT2D eigenvalue weighted by molar-refractivity contribution is 9.39. The summed E-state index contributed by atoms with van der Waals surface area (Å²) < 4.78 is -0.828. The lowest BCUT2D eigenvalue weighted by Crippen LogP contribution is -2.31. The van der Waals surface area contributed by atoms with Gasteiger partial charge in [0.15, 0.2) is 0 Å². The molecule has 0 atom stereocenters. The Morgan fingerprint density at radius 1 is 1.00 bits per heavy atom. The summed E-state index contributed by atoms with van der Waals surface area (Å²) in [5.41, 5.74) is 0. The third kappa shape index (κ3) is 9.32. The number of hydrogen-bond donors (Lipinski definition) is 3. The molecule has 0 spiro atoms. The van der Waals surface area contributed by atoms with Crippen LogP contribution in [0.5, 0.6) is 0 Å². The molecular weight excluding hydrogens is 324 g/mol. The smallest absolute Gasteiger partial charge is 0.278 e. The molecular formula is C3H5Br3O3. The van der Waals surface area contributed by atoms with Gasteiger partial charge >= 0.3 is 0 Å². The van der Waals surface area contributed by atoms with E-state index in [9.17, 15) is 0 Å². The van der Waals surface area contributed by atoms with Crippen LogP contribution in [-0.4, -0.2) is 23.4 Å². The quantitative estimate of drug-likeness (QED) is 0.494. The van der Waals surface area contributed by atoms with E-state index in [0.717, 1.165) is 0 Å². The third-order valence-corrected chi connectivity index (χ3v) is 1.28. The van der Waals surface area contributed by atoms with Crippen molar-refractivity contribution in [1.29, 1.82) is 0 Å². The van der Waals surface area contributed by atoms with Crippen LogP contribution in [0.25, 0.3) is 0 Å². The van der Waals surface area contributed by atoms with E-state index in [2.05, 4.69) is 47.8 Å². The molecule has 0 fully saturated rings. The fourth-order valence-electron chi connectivity index (χ4n) is 0.269. The second-order valence-corrected chi connectivity index (χ2v) is 8.82. The van der Waals surface area contributed by atoms with Gasteiger partial charge in [0.2, 0.25) is 0 Å². The van der Waals surface area contributed by atoms with Crippen LogP contribution < -0.4 is 0 Å². The van der Waals surface area contributed by atoms with Crippen molar-refractivity contribution < 1.29 is 15.3 Å². The Hall–Kier alpha value is 1.32. The van der Waals surface area contributed by atoms with Crippen LogP contribution in [0.2, 0.25) is 0 Å². The van der Waals surface area contributed by atoms with Gasteiger partial charge in [-0.3, -0.25) is 0 Å². The summed E-state index contributed by atoms with van der Waals surface area (Å²) in [5, 5.41) is 25.1. The lowest BCUT2D eigenvalue weighted by Gasteiger charge is -2.19. The molecule has 0 radical (unpaired) electrons. The van der Waals surface area contributed by atoms with E-state index in [1.807, 2.05) is 0 Å². The van der Waals surface area contributed by atoms with Crippen molar-refractivity contribution in [2.75, 3.05) is 0 Å². The summed E-state index contributed by atoms with van der Waals surface area (Å²) in [5.74, 6) is -2.66. The molecule has 0 aliphatic carbocycles. The molecule has 56 valence electrons. The van der Waals surface area contributed by atoms with Crippen LogP contribution in [-0.2, 0) is 0 Å². The number of rotatable bonds is 1. The maximum atomic E-state index is 8.37. The molecule has 0 aliphatic rings. The van der Waals surface area contributed by atoms with Gasteiger partial charge in [-0.15, -0.1) is 0 Å². The molecule has 0 aliphatic heterocycles. The fourth-order valence-corrected chi connectivity index (χ4v) is 1.40. The Bertz CT molecular complexity index is 79.5. The zero-order chi connectivity index (χ0) is 7.71. The first-order valence-corrected chi connectivity index (χ1v) is 4.32. The van der Waals surface area contributed by atoms with Crippen LogP contribution in [0.15, 0.2) is 0 Å². The molecule has 0 rings (SSSR count). The van der Waals surface area contributed by atoms with Crippen LogP contribution in [0.4, 0.5) is 0 Å². The van der Waals surface area contributed by atoms with Crippen LogP contribution in [0.1, 0.15) is 6.42 Å². The third-order valence-electron chi connectivity index (χ3n) is 0.438. The largest absolute Gasteiger partial charge is 0.344 e. The van der Waals surface area contributed by atoms with Gasteiger partial charge in [-0.25, -0.2) is 0 Å². The van der Waals surface area contributed by atoms with Crippen molar-refractivity contribution in [3.63, 3.8) is 0 Å². The van der Waals surface area contributed by atoms with Crippen LogP contribution in [0, 0.1) is 0 Å². The summed E-state index contributed by atoms with van der Waals surface area (Å²) >= 11 is 8.90. The molecule has 0 bridgehead atoms. The minimum atomic E-state index is -2.66. The summed E-state index contributed by atoms with van der Waals surface area (Å²) in [7, 11) is 0. The highest BCUT2D eigenvalue weighted by atomic mass is 80.0. The van der Waals surface area contributed by atoms with Gasteiger partial charge in [0.25, 0.3) is 5.97 Å². The molecule has 9 heavy (non-hydrogen) atoms. The van der Waals surface area contributed by atoms with E-state index < -0.39 is 8.12 Å². The topological polar surface area (TPSA) is 60.7 Å². The van der Waals surface area contributed by atoms with Crippen molar-refractivity contribution >= 4 is 47.8 Å². The van der Waals surface area contributed by atoms with Gasteiger partial charge in [-0.05, 0) is 0 Å². The minimum absolute atomic E-state index is 0.292. The van der Waals surface area contributed by atoms with Gasteiger partial charge in [0, 0.05) is 0 Å². The molecule has 0 saturated heterocycles. The van der Waals surface area contributed by atoms with E-state index in [0.29, 0.717) is 0 Å². The lowest BCUT2D eigenvalue weighted by atomic mass is 10.4. The average Bonchev–Trinajstić information content (AvgIpc) is 1.14. The molecule has 0 unspecified atom stereocenters. The zero-order valence-electron chi connectivity index (χ0n) is 4.18. The van der Waals surface area contributed by atoms with E-state index >= 15 is 0 Å². The van der Waals surface area contributed by atoms with E-state index in [1.54, 1.807) is 0 Å². The molecule has 0 aromatic carbocycles. The van der Waals surface area contributed by atoms with Crippen molar-refractivity contribution in [2.45, 2.75) is 14.5 Å². The molecule has 0 aromatic heterocycles. The van der Waals surface area contributed by atoms with Gasteiger partial charge in [-0.1, -0.05) is 47.8 Å². The number of alkyl halides is 3. The Kier molecular flexibility index (Phi) is 3.61. The summed E-state index contributed by atoms with van der Waals surface area (Å²) in [6.45, 7) is 0. The molecule has 3 nitrogen and oxygen atoms in total. The second kappa shape index (κ2) is 3.15. The maximum Gasteiger partial charge on any atom is 0.278 e. The first-order chi connectivity index (χ1) is 3.71. The lowest BCUT2D eigenvalue weighted by molar-refractivity contribution is -0.312. The standard InChI is InChI=1S/C3H5Br3O3/c4-2(5,6)1-3(7,8)9/h7-9H,1H2. The molecule has 6 heteroatoms. The average molecular weight is 329 g/mol. The van der Waals surface area contributed by atoms with Gasteiger partial charge in [-0.2, -0.15) is 0 Å². The Morgan fingerprint density at radius 3 is 1.33 bits per heavy atom. The Balaban J connectivity index is 3.75. The molecule has 3 N–H and O–H groups in total. The molecule has 0 aromatic rings. The summed E-state index contributed by atoms with van der Waals surface area (Å²) in [6, 6.07) is 0. The predicted octanol–water partition coefficient (Wildman–Crippen LogP) is 0.846.